The Bertz CT molecular complexity index is 1350. The number of methoxy groups -OCH3 is 1. The number of nitroso groups, excluding NO2 is 1. The molecule has 2 N–H and O–H groups in total. The van der Waals surface area contributed by atoms with Crippen molar-refractivity contribution in [3.63, 3.8) is 0 Å². The monoisotopic (exact) mass is 474 g/mol. The molecule has 0 radical (unpaired) electrons. The van der Waals surface area contributed by atoms with Crippen LogP contribution < -0.4 is 14.8 Å². The van der Waals surface area contributed by atoms with Crippen molar-refractivity contribution < 1.29 is 19.0 Å². The van der Waals surface area contributed by atoms with Crippen LogP contribution in [-0.4, -0.2) is 23.8 Å². The molecule has 0 saturated heterocycles. The zero-order chi connectivity index (χ0) is 24.9. The number of nitrogens with zero attached hydrogens (tertiary/aromatic N) is 1. The lowest BCUT2D eigenvalue weighted by molar-refractivity contribution is 0.337. The summed E-state index contributed by atoms with van der Waals surface area (Å²) in [6.45, 7) is 6.22. The number of ether oxygens (including phenoxy) is 2. The van der Waals surface area contributed by atoms with Crippen LogP contribution in [0.5, 0.6) is 17.2 Å². The minimum Gasteiger partial charge on any atom is -0.504 e. The Hall–Kier alpha value is -3.71. The fourth-order valence-corrected chi connectivity index (χ4v) is 5.47. The van der Waals surface area contributed by atoms with Gasteiger partial charge in [0.2, 0.25) is 0 Å². The van der Waals surface area contributed by atoms with Crippen LogP contribution in [0.1, 0.15) is 37.5 Å². The van der Waals surface area contributed by atoms with E-state index < -0.39 is 5.82 Å². The van der Waals surface area contributed by atoms with E-state index in [9.17, 15) is 14.4 Å². The maximum Gasteiger partial charge on any atom is 0.172 e. The minimum atomic E-state index is -0.432. The Balaban J connectivity index is 1.77. The first-order chi connectivity index (χ1) is 16.7. The first kappa shape index (κ1) is 23.1. The summed E-state index contributed by atoms with van der Waals surface area (Å²) in [5, 5.41) is 17.1. The summed E-state index contributed by atoms with van der Waals surface area (Å²) in [5.74, 6) is 1.03. The molecule has 0 saturated carbocycles. The van der Waals surface area contributed by atoms with E-state index in [0.29, 0.717) is 33.9 Å². The SMILES string of the molecule is COc1c(O)ccc2c1C1=C(/C(=C/c3ccc(F)cc3CN=O)O2)C2C(C)=CC(C)(C)NC2C=C1. The van der Waals surface area contributed by atoms with E-state index in [1.807, 2.05) is 12.2 Å². The number of fused-ring (bicyclic) bond motifs is 4. The molecule has 6 nitrogen and oxygen atoms in total. The second-order valence-corrected chi connectivity index (χ2v) is 9.68. The van der Waals surface area contributed by atoms with E-state index in [1.54, 1.807) is 12.1 Å². The lowest BCUT2D eigenvalue weighted by Gasteiger charge is -2.44. The number of rotatable bonds is 4. The molecule has 2 aromatic rings. The lowest BCUT2D eigenvalue weighted by Crippen LogP contribution is -2.52. The number of aromatic hydroxyl groups is 1. The maximum atomic E-state index is 13.9. The first-order valence-electron chi connectivity index (χ1n) is 11.5. The number of phenolic OH excluding ortho intramolecular Hbond substituents is 1. The molecule has 2 atom stereocenters. The minimum absolute atomic E-state index is 0.0231. The van der Waals surface area contributed by atoms with Gasteiger partial charge < -0.3 is 19.9 Å². The topological polar surface area (TPSA) is 80.2 Å². The second-order valence-electron chi connectivity index (χ2n) is 9.68. The van der Waals surface area contributed by atoms with Crippen molar-refractivity contribution in [3.05, 3.63) is 92.9 Å². The number of hydrogen-bond donors (Lipinski definition) is 2. The van der Waals surface area contributed by atoms with Gasteiger partial charge in [0, 0.05) is 23.1 Å². The molecule has 0 fully saturated rings. The van der Waals surface area contributed by atoms with Gasteiger partial charge in [-0.25, -0.2) is 4.39 Å². The van der Waals surface area contributed by atoms with Gasteiger partial charge >= 0.3 is 0 Å². The molecule has 35 heavy (non-hydrogen) atoms. The van der Waals surface area contributed by atoms with E-state index in [2.05, 4.69) is 43.4 Å². The van der Waals surface area contributed by atoms with Crippen LogP contribution in [0.2, 0.25) is 0 Å². The highest BCUT2D eigenvalue weighted by atomic mass is 19.1. The Morgan fingerprint density at radius 2 is 2.09 bits per heavy atom. The van der Waals surface area contributed by atoms with Gasteiger partial charge in [-0.3, -0.25) is 0 Å². The smallest absolute Gasteiger partial charge is 0.172 e. The highest BCUT2D eigenvalue weighted by Gasteiger charge is 2.42. The van der Waals surface area contributed by atoms with Crippen molar-refractivity contribution >= 4 is 11.6 Å². The second kappa shape index (κ2) is 8.50. The van der Waals surface area contributed by atoms with Gasteiger partial charge in [-0.05, 0) is 67.8 Å². The number of hydrogen-bond acceptors (Lipinski definition) is 6. The van der Waals surface area contributed by atoms with Crippen LogP contribution in [0.4, 0.5) is 4.39 Å². The molecule has 0 amide bonds. The molecule has 3 aliphatic rings. The third kappa shape index (κ3) is 3.96. The van der Waals surface area contributed by atoms with Crippen LogP contribution in [0.3, 0.4) is 0 Å². The summed E-state index contributed by atoms with van der Waals surface area (Å²) < 4.78 is 25.9. The van der Waals surface area contributed by atoms with Gasteiger partial charge in [-0.1, -0.05) is 35.0 Å². The first-order valence-corrected chi connectivity index (χ1v) is 11.5. The number of nitrogens with one attached hydrogen (secondary N) is 1. The van der Waals surface area contributed by atoms with Crippen molar-refractivity contribution in [3.8, 4) is 17.2 Å². The number of benzene rings is 2. The van der Waals surface area contributed by atoms with Crippen molar-refractivity contribution in [1.29, 1.82) is 0 Å². The molecular formula is C28H27FN2O4. The molecule has 5 rings (SSSR count). The van der Waals surface area contributed by atoms with E-state index in [0.717, 1.165) is 11.1 Å². The summed E-state index contributed by atoms with van der Waals surface area (Å²) in [6.07, 6.45) is 8.22. The average Bonchev–Trinajstić information content (AvgIpc) is 2.80. The Labute approximate surface area is 203 Å². The van der Waals surface area contributed by atoms with E-state index in [1.165, 1.54) is 30.9 Å². The zero-order valence-electron chi connectivity index (χ0n) is 20.1. The molecule has 180 valence electrons. The largest absolute Gasteiger partial charge is 0.504 e. The van der Waals surface area contributed by atoms with Crippen molar-refractivity contribution in [1.82, 2.24) is 5.32 Å². The number of phenols is 1. The average molecular weight is 475 g/mol. The molecule has 0 bridgehead atoms. The predicted octanol–water partition coefficient (Wildman–Crippen LogP) is 5.88. The molecular weight excluding hydrogens is 447 g/mol. The summed E-state index contributed by atoms with van der Waals surface area (Å²) in [5.41, 5.74) is 4.63. The molecule has 2 unspecified atom stereocenters. The Kier molecular flexibility index (Phi) is 5.60. The van der Waals surface area contributed by atoms with Crippen molar-refractivity contribution in [2.45, 2.75) is 38.9 Å². The summed E-state index contributed by atoms with van der Waals surface area (Å²) in [6, 6.07) is 7.56. The molecule has 7 heteroatoms. The number of halogens is 1. The van der Waals surface area contributed by atoms with E-state index >= 15 is 0 Å². The van der Waals surface area contributed by atoms with Gasteiger partial charge in [0.15, 0.2) is 11.5 Å². The van der Waals surface area contributed by atoms with Crippen LogP contribution >= 0.6 is 0 Å². The molecule has 2 aliphatic heterocycles. The quantitative estimate of drug-likeness (QED) is 0.428. The third-order valence-electron chi connectivity index (χ3n) is 6.73. The molecule has 2 aromatic carbocycles. The molecule has 0 aromatic heterocycles. The van der Waals surface area contributed by atoms with Crippen LogP contribution in [-0.2, 0) is 6.54 Å². The summed E-state index contributed by atoms with van der Waals surface area (Å²) in [4.78, 5) is 11.0. The molecule has 1 aliphatic carbocycles. The van der Waals surface area contributed by atoms with Gasteiger partial charge in [0.05, 0.1) is 12.7 Å². The third-order valence-corrected chi connectivity index (χ3v) is 6.73. The van der Waals surface area contributed by atoms with E-state index in [-0.39, 0.29) is 29.8 Å². The van der Waals surface area contributed by atoms with Crippen LogP contribution in [0.25, 0.3) is 11.6 Å². The van der Waals surface area contributed by atoms with Gasteiger partial charge in [-0.15, -0.1) is 0 Å². The van der Waals surface area contributed by atoms with Crippen LogP contribution in [0, 0.1) is 16.6 Å². The highest BCUT2D eigenvalue weighted by molar-refractivity contribution is 5.91. The van der Waals surface area contributed by atoms with E-state index in [4.69, 9.17) is 9.47 Å². The normalized spacial score (nSPS) is 23.1. The summed E-state index contributed by atoms with van der Waals surface area (Å²) >= 11 is 0. The predicted molar refractivity (Wildman–Crippen MR) is 133 cm³/mol. The highest BCUT2D eigenvalue weighted by Crippen LogP contribution is 2.52. The number of allylic oxidation sites excluding steroid dienone is 3. The van der Waals surface area contributed by atoms with Crippen molar-refractivity contribution in [2.24, 2.45) is 11.1 Å². The fraction of sp³-hybridized carbons (Fsp3) is 0.286. The lowest BCUT2D eigenvalue weighted by atomic mass is 9.71. The van der Waals surface area contributed by atoms with Gasteiger partial charge in [-0.2, -0.15) is 4.91 Å². The maximum absolute atomic E-state index is 13.9. The molecule has 0 spiro atoms. The van der Waals surface area contributed by atoms with Gasteiger partial charge in [0.1, 0.15) is 23.9 Å². The Morgan fingerprint density at radius 1 is 1.29 bits per heavy atom. The van der Waals surface area contributed by atoms with Crippen molar-refractivity contribution in [2.75, 3.05) is 7.11 Å². The zero-order valence-corrected chi connectivity index (χ0v) is 20.1. The Morgan fingerprint density at radius 3 is 2.83 bits per heavy atom. The van der Waals surface area contributed by atoms with Crippen LogP contribution in [0.15, 0.2) is 70.6 Å². The van der Waals surface area contributed by atoms with Gasteiger partial charge in [0.25, 0.3) is 0 Å². The molecule has 2 heterocycles. The summed E-state index contributed by atoms with van der Waals surface area (Å²) in [7, 11) is 1.52. The standard InChI is InChI=1S/C28H27FN2O4/c1-15-13-28(2,3)31-20-8-7-19-25(24(15)20)23(12-16-5-6-18(29)11-17(16)14-30-33)35-22-10-9-21(32)27(34-4)26(19)22/h5-13,20,24,31-32H,14H2,1-4H3/b23-12-. The fourth-order valence-electron chi connectivity index (χ4n) is 5.47.